The largest absolute Gasteiger partial charge is 0.433 e. The number of carbonyl (C=O) groups is 1. The van der Waals surface area contributed by atoms with Gasteiger partial charge in [0.05, 0.1) is 29.2 Å². The topological polar surface area (TPSA) is 94.5 Å². The van der Waals surface area contributed by atoms with Crippen molar-refractivity contribution in [3.05, 3.63) is 46.6 Å². The van der Waals surface area contributed by atoms with Crippen molar-refractivity contribution in [1.29, 1.82) is 10.5 Å². The molecule has 2 atom stereocenters. The second-order valence-corrected chi connectivity index (χ2v) is 7.43. The molecule has 1 aliphatic rings. The van der Waals surface area contributed by atoms with Gasteiger partial charge >= 0.3 is 6.18 Å². The summed E-state index contributed by atoms with van der Waals surface area (Å²) in [5.74, 6) is -6.24. The minimum absolute atomic E-state index is 0.000224. The second kappa shape index (κ2) is 7.99. The molecule has 1 saturated carbocycles. The monoisotopic (exact) mass is 437 g/mol. The lowest BCUT2D eigenvalue weighted by molar-refractivity contribution is -0.143. The molecule has 0 saturated heterocycles. The first-order chi connectivity index (χ1) is 14.4. The fraction of sp³-hybridized carbons (Fsp3) is 0.400. The standard InChI is InChI=1S/C20H16F5N5O/c1-30-15(20(23,24)25)7-16(29-30)28-18(31)17(13-2-3-19(21,22)8-13)14-5-11(9-26)4-12(6-14)10-27/h4-7,13,17H,2-3,8H2,1H3,(H,28,29,31)/t13-,17-/m0/s1. The molecule has 1 fully saturated rings. The average Bonchev–Trinajstić information content (AvgIpc) is 3.22. The predicted octanol–water partition coefficient (Wildman–Crippen LogP) is 4.34. The molecule has 0 radical (unpaired) electrons. The van der Waals surface area contributed by atoms with Crippen LogP contribution in [0.2, 0.25) is 0 Å². The van der Waals surface area contributed by atoms with E-state index in [1.54, 1.807) is 0 Å². The van der Waals surface area contributed by atoms with Gasteiger partial charge in [-0.05, 0) is 36.1 Å². The summed E-state index contributed by atoms with van der Waals surface area (Å²) in [5, 5.41) is 24.3. The summed E-state index contributed by atoms with van der Waals surface area (Å²) < 4.78 is 67.3. The van der Waals surface area contributed by atoms with Crippen molar-refractivity contribution in [3.8, 4) is 12.1 Å². The van der Waals surface area contributed by atoms with Crippen LogP contribution in [0.3, 0.4) is 0 Å². The highest BCUT2D eigenvalue weighted by Gasteiger charge is 2.45. The first-order valence-electron chi connectivity index (χ1n) is 9.18. The number of hydrogen-bond donors (Lipinski definition) is 1. The Balaban J connectivity index is 1.99. The maximum Gasteiger partial charge on any atom is 0.433 e. The van der Waals surface area contributed by atoms with Gasteiger partial charge in [0, 0.05) is 26.0 Å². The number of nitriles is 2. The van der Waals surface area contributed by atoms with Crippen molar-refractivity contribution in [1.82, 2.24) is 9.78 Å². The molecule has 3 rings (SSSR count). The van der Waals surface area contributed by atoms with Gasteiger partial charge < -0.3 is 5.32 Å². The number of aromatic nitrogens is 2. The molecule has 1 N–H and O–H groups in total. The SMILES string of the molecule is Cn1nc(NC(=O)[C@H](c2cc(C#N)cc(C#N)c2)[C@H]2CCC(F)(F)C2)cc1C(F)(F)F. The Morgan fingerprint density at radius 3 is 2.29 bits per heavy atom. The molecule has 1 aromatic heterocycles. The van der Waals surface area contributed by atoms with Crippen molar-refractivity contribution in [2.24, 2.45) is 13.0 Å². The minimum atomic E-state index is -4.69. The van der Waals surface area contributed by atoms with Crippen LogP contribution in [0.1, 0.15) is 47.6 Å². The number of carbonyl (C=O) groups excluding carboxylic acids is 1. The Labute approximate surface area is 173 Å². The highest BCUT2D eigenvalue weighted by atomic mass is 19.4. The Morgan fingerprint density at radius 1 is 1.23 bits per heavy atom. The van der Waals surface area contributed by atoms with Crippen LogP contribution in [0.25, 0.3) is 0 Å². The number of benzene rings is 1. The Bertz CT molecular complexity index is 1060. The van der Waals surface area contributed by atoms with Crippen molar-refractivity contribution in [2.75, 3.05) is 5.32 Å². The Kier molecular flexibility index (Phi) is 5.72. The van der Waals surface area contributed by atoms with E-state index in [1.807, 2.05) is 12.1 Å². The minimum Gasteiger partial charge on any atom is -0.309 e. The third-order valence-corrected chi connectivity index (χ3v) is 5.19. The summed E-state index contributed by atoms with van der Waals surface area (Å²) >= 11 is 0. The molecular formula is C20H16F5N5O. The third kappa shape index (κ3) is 4.82. The molecule has 162 valence electrons. The molecule has 0 bridgehead atoms. The van der Waals surface area contributed by atoms with Gasteiger partial charge in [-0.25, -0.2) is 8.78 Å². The smallest absolute Gasteiger partial charge is 0.309 e. The summed E-state index contributed by atoms with van der Waals surface area (Å²) in [4.78, 5) is 13.0. The fourth-order valence-corrected chi connectivity index (χ4v) is 3.86. The Hall–Kier alpha value is -3.47. The maximum absolute atomic E-state index is 13.9. The van der Waals surface area contributed by atoms with E-state index in [-0.39, 0.29) is 28.9 Å². The lowest BCUT2D eigenvalue weighted by Gasteiger charge is -2.23. The van der Waals surface area contributed by atoms with Crippen LogP contribution in [0, 0.1) is 28.6 Å². The fourth-order valence-electron chi connectivity index (χ4n) is 3.86. The van der Waals surface area contributed by atoms with Crippen LogP contribution >= 0.6 is 0 Å². The summed E-state index contributed by atoms with van der Waals surface area (Å²) in [6.45, 7) is 0. The molecule has 1 aromatic carbocycles. The number of halogens is 5. The van der Waals surface area contributed by atoms with E-state index in [4.69, 9.17) is 0 Å². The van der Waals surface area contributed by atoms with Crippen molar-refractivity contribution in [2.45, 2.75) is 37.3 Å². The zero-order valence-electron chi connectivity index (χ0n) is 16.2. The van der Waals surface area contributed by atoms with Crippen molar-refractivity contribution < 1.29 is 26.7 Å². The van der Waals surface area contributed by atoms with Gasteiger partial charge in [-0.15, -0.1) is 0 Å². The molecule has 11 heteroatoms. The zero-order chi connectivity index (χ0) is 23.0. The molecule has 31 heavy (non-hydrogen) atoms. The van der Waals surface area contributed by atoms with Crippen LogP contribution in [-0.4, -0.2) is 21.6 Å². The summed E-state index contributed by atoms with van der Waals surface area (Å²) in [5.41, 5.74) is -0.796. The zero-order valence-corrected chi connectivity index (χ0v) is 16.2. The number of nitrogens with zero attached hydrogens (tertiary/aromatic N) is 4. The van der Waals surface area contributed by atoms with Gasteiger partial charge in [0.15, 0.2) is 5.82 Å². The first kappa shape index (κ1) is 22.2. The van der Waals surface area contributed by atoms with E-state index >= 15 is 0 Å². The van der Waals surface area contributed by atoms with E-state index in [1.165, 1.54) is 18.2 Å². The highest BCUT2D eigenvalue weighted by Crippen LogP contribution is 2.46. The quantitative estimate of drug-likeness (QED) is 0.720. The number of amides is 1. The molecular weight excluding hydrogens is 421 g/mol. The van der Waals surface area contributed by atoms with Gasteiger partial charge in [-0.1, -0.05) is 0 Å². The van der Waals surface area contributed by atoms with Crippen LogP contribution in [0.15, 0.2) is 24.3 Å². The van der Waals surface area contributed by atoms with Gasteiger partial charge in [0.1, 0.15) is 5.69 Å². The number of nitrogens with one attached hydrogen (secondary N) is 1. The molecule has 6 nitrogen and oxygen atoms in total. The van der Waals surface area contributed by atoms with Gasteiger partial charge in [0.25, 0.3) is 0 Å². The number of hydrogen-bond acceptors (Lipinski definition) is 4. The molecule has 1 aliphatic carbocycles. The summed E-state index contributed by atoms with van der Waals surface area (Å²) in [6, 6.07) is 8.27. The van der Waals surface area contributed by atoms with Crippen LogP contribution in [0.4, 0.5) is 27.8 Å². The second-order valence-electron chi connectivity index (χ2n) is 7.43. The van der Waals surface area contributed by atoms with E-state index in [2.05, 4.69) is 10.4 Å². The van der Waals surface area contributed by atoms with Crippen molar-refractivity contribution in [3.63, 3.8) is 0 Å². The highest BCUT2D eigenvalue weighted by molar-refractivity contribution is 5.95. The van der Waals surface area contributed by atoms with Gasteiger partial charge in [-0.2, -0.15) is 28.8 Å². The van der Waals surface area contributed by atoms with Crippen LogP contribution in [0.5, 0.6) is 0 Å². The predicted molar refractivity (Wildman–Crippen MR) is 97.7 cm³/mol. The van der Waals surface area contributed by atoms with Crippen LogP contribution in [-0.2, 0) is 18.0 Å². The Morgan fingerprint density at radius 2 is 1.84 bits per heavy atom. The van der Waals surface area contributed by atoms with Crippen molar-refractivity contribution >= 4 is 11.7 Å². The molecule has 1 amide bonds. The lowest BCUT2D eigenvalue weighted by atomic mass is 9.82. The average molecular weight is 437 g/mol. The molecule has 1 heterocycles. The summed E-state index contributed by atoms with van der Waals surface area (Å²) in [6.07, 6.45) is -5.73. The van der Waals surface area contributed by atoms with Gasteiger partial charge in [0.2, 0.25) is 11.8 Å². The molecule has 0 aliphatic heterocycles. The van der Waals surface area contributed by atoms with E-state index in [0.717, 1.165) is 7.05 Å². The van der Waals surface area contributed by atoms with Crippen LogP contribution < -0.4 is 5.32 Å². The molecule has 0 unspecified atom stereocenters. The molecule has 2 aromatic rings. The van der Waals surface area contributed by atoms with Gasteiger partial charge in [-0.3, -0.25) is 9.48 Å². The number of rotatable bonds is 4. The first-order valence-corrected chi connectivity index (χ1v) is 9.18. The van der Waals surface area contributed by atoms with E-state index in [9.17, 15) is 37.3 Å². The molecule has 0 spiro atoms. The summed E-state index contributed by atoms with van der Waals surface area (Å²) in [7, 11) is 1.06. The third-order valence-electron chi connectivity index (χ3n) is 5.19. The number of alkyl halides is 5. The van der Waals surface area contributed by atoms with E-state index in [0.29, 0.717) is 10.7 Å². The van der Waals surface area contributed by atoms with E-state index < -0.39 is 48.4 Å². The number of anilines is 1. The number of aryl methyl sites for hydroxylation is 1. The maximum atomic E-state index is 13.9. The normalized spacial score (nSPS) is 18.8. The lowest BCUT2D eigenvalue weighted by Crippen LogP contribution is -2.28.